The van der Waals surface area contributed by atoms with Crippen molar-refractivity contribution in [1.82, 2.24) is 4.98 Å². The van der Waals surface area contributed by atoms with E-state index in [4.69, 9.17) is 27.9 Å². The van der Waals surface area contributed by atoms with Crippen LogP contribution < -0.4 is 4.74 Å². The van der Waals surface area contributed by atoms with E-state index < -0.39 is 0 Å². The quantitative estimate of drug-likeness (QED) is 0.317. The van der Waals surface area contributed by atoms with Crippen LogP contribution in [0, 0.1) is 10.7 Å². The number of pyridine rings is 1. The lowest BCUT2D eigenvalue weighted by Gasteiger charge is -2.11. The molecule has 0 atom stereocenters. The topological polar surface area (TPSA) is 22.1 Å². The maximum atomic E-state index is 6.06. The summed E-state index contributed by atoms with van der Waals surface area (Å²) >= 11 is 18.7. The molecule has 0 saturated heterocycles. The van der Waals surface area contributed by atoms with Crippen molar-refractivity contribution in [3.8, 4) is 5.75 Å². The van der Waals surface area contributed by atoms with Gasteiger partial charge in [-0.3, -0.25) is 0 Å². The van der Waals surface area contributed by atoms with Gasteiger partial charge in [-0.15, -0.1) is 0 Å². The van der Waals surface area contributed by atoms with E-state index in [2.05, 4.69) is 84.9 Å². The Morgan fingerprint density at radius 3 is 2.32 bits per heavy atom. The molecule has 19 heavy (non-hydrogen) atoms. The van der Waals surface area contributed by atoms with Gasteiger partial charge in [-0.05, 0) is 92.0 Å². The van der Waals surface area contributed by atoms with E-state index in [9.17, 15) is 0 Å². The van der Waals surface area contributed by atoms with Crippen molar-refractivity contribution in [2.45, 2.75) is 6.61 Å². The summed E-state index contributed by atoms with van der Waals surface area (Å²) in [5.41, 5.74) is 0.638. The highest BCUT2D eigenvalue weighted by Crippen LogP contribution is 2.30. The summed E-state index contributed by atoms with van der Waals surface area (Å²) in [6, 6.07) is 7.50. The minimum Gasteiger partial charge on any atom is -0.485 e. The normalized spacial score (nSPS) is 10.6. The summed E-state index contributed by atoms with van der Waals surface area (Å²) < 4.78 is 9.12. The number of rotatable bonds is 3. The number of hydrogen-bond donors (Lipinski definition) is 0. The van der Waals surface area contributed by atoms with Crippen LogP contribution in [-0.2, 0) is 6.61 Å². The van der Waals surface area contributed by atoms with Crippen LogP contribution in [0.2, 0.25) is 10.2 Å². The van der Waals surface area contributed by atoms with Gasteiger partial charge in [0.05, 0.1) is 17.9 Å². The second-order valence-corrected chi connectivity index (χ2v) is 7.91. The number of nitrogens with zero attached hydrogens (tertiary/aromatic N) is 1. The summed E-state index contributed by atoms with van der Waals surface area (Å²) in [4.78, 5) is 4.17. The first-order valence-electron chi connectivity index (χ1n) is 5.05. The zero-order valence-corrected chi connectivity index (χ0v) is 17.2. The maximum Gasteiger partial charge on any atom is 0.146 e. The van der Waals surface area contributed by atoms with Gasteiger partial charge in [0, 0.05) is 3.57 Å². The fraction of sp³-hybridized carbons (Fsp3) is 0.0833. The van der Waals surface area contributed by atoms with Gasteiger partial charge < -0.3 is 4.74 Å². The van der Waals surface area contributed by atoms with Crippen molar-refractivity contribution in [3.05, 3.63) is 50.8 Å². The fourth-order valence-electron chi connectivity index (χ4n) is 1.37. The molecule has 0 spiro atoms. The van der Waals surface area contributed by atoms with Crippen molar-refractivity contribution in [2.75, 3.05) is 0 Å². The molecule has 0 fully saturated rings. The molecule has 1 heterocycles. The smallest absolute Gasteiger partial charge is 0.146 e. The van der Waals surface area contributed by atoms with E-state index in [-0.39, 0.29) is 0 Å². The zero-order chi connectivity index (χ0) is 14.0. The molecule has 2 aromatic rings. The number of aromatic nitrogens is 1. The van der Waals surface area contributed by atoms with Crippen molar-refractivity contribution in [1.29, 1.82) is 0 Å². The Balaban J connectivity index is 2.21. The van der Waals surface area contributed by atoms with Crippen LogP contribution in [-0.4, -0.2) is 4.98 Å². The largest absolute Gasteiger partial charge is 0.485 e. The van der Waals surface area contributed by atoms with Crippen LogP contribution in [0.15, 0.2) is 24.3 Å². The molecule has 2 rings (SSSR count). The van der Waals surface area contributed by atoms with Crippen LogP contribution >= 0.6 is 91.0 Å². The van der Waals surface area contributed by atoms with Crippen LogP contribution in [0.4, 0.5) is 0 Å². The molecule has 7 heteroatoms. The third-order valence-electron chi connectivity index (χ3n) is 2.20. The first kappa shape index (κ1) is 16.3. The molecular formula is C12H6Cl2I3NO. The monoisotopic (exact) mass is 631 g/mol. The van der Waals surface area contributed by atoms with E-state index in [0.717, 1.165) is 12.9 Å². The van der Waals surface area contributed by atoms with E-state index in [1.807, 2.05) is 0 Å². The van der Waals surface area contributed by atoms with Crippen molar-refractivity contribution < 1.29 is 4.74 Å². The molecule has 2 nitrogen and oxygen atoms in total. The van der Waals surface area contributed by atoms with Gasteiger partial charge in [-0.2, -0.15) is 0 Å². The second kappa shape index (κ2) is 7.28. The molecule has 0 aliphatic heterocycles. The van der Waals surface area contributed by atoms with Crippen molar-refractivity contribution >= 4 is 91.0 Å². The lowest BCUT2D eigenvalue weighted by Crippen LogP contribution is -2.02. The molecule has 0 radical (unpaired) electrons. The summed E-state index contributed by atoms with van der Waals surface area (Å²) in [5, 5.41) is 0.968. The summed E-state index contributed by atoms with van der Waals surface area (Å²) in [6.07, 6.45) is 0. The minimum absolute atomic E-state index is 0.298. The third kappa shape index (κ3) is 4.45. The number of hydrogen-bond acceptors (Lipinski definition) is 2. The zero-order valence-electron chi connectivity index (χ0n) is 9.26. The average molecular weight is 632 g/mol. The third-order valence-corrected chi connectivity index (χ3v) is 4.98. The molecule has 0 aliphatic carbocycles. The van der Waals surface area contributed by atoms with Gasteiger partial charge in [0.15, 0.2) is 0 Å². The van der Waals surface area contributed by atoms with E-state index in [1.54, 1.807) is 12.1 Å². The first-order chi connectivity index (χ1) is 8.97. The molecule has 1 aromatic carbocycles. The van der Waals surface area contributed by atoms with Crippen LogP contribution in [0.3, 0.4) is 0 Å². The standard InChI is InChI=1S/C12H6Cl2I3NO/c13-7-1-2-11(14)18-10(7)5-19-12-8(16)3-6(15)4-9(12)17/h1-4H,5H2. The van der Waals surface area contributed by atoms with E-state index >= 15 is 0 Å². The van der Waals surface area contributed by atoms with Crippen LogP contribution in [0.1, 0.15) is 5.69 Å². The number of halogens is 5. The molecule has 0 amide bonds. The molecule has 0 aliphatic rings. The average Bonchev–Trinajstić information content (AvgIpc) is 2.32. The van der Waals surface area contributed by atoms with Gasteiger partial charge in [-0.1, -0.05) is 23.2 Å². The van der Waals surface area contributed by atoms with E-state index in [0.29, 0.717) is 22.5 Å². The highest BCUT2D eigenvalue weighted by Gasteiger charge is 2.10. The predicted molar refractivity (Wildman–Crippen MR) is 103 cm³/mol. The Labute approximate surface area is 162 Å². The van der Waals surface area contributed by atoms with Gasteiger partial charge in [0.1, 0.15) is 17.5 Å². The van der Waals surface area contributed by atoms with Gasteiger partial charge in [-0.25, -0.2) is 4.98 Å². The van der Waals surface area contributed by atoms with Gasteiger partial charge >= 0.3 is 0 Å². The predicted octanol–water partition coefficient (Wildman–Crippen LogP) is 5.78. The second-order valence-electron chi connectivity index (χ2n) is 3.55. The lowest BCUT2D eigenvalue weighted by atomic mass is 10.3. The molecular weight excluding hydrogens is 626 g/mol. The summed E-state index contributed by atoms with van der Waals surface area (Å²) in [7, 11) is 0. The lowest BCUT2D eigenvalue weighted by molar-refractivity contribution is 0.297. The molecule has 0 N–H and O–H groups in total. The Kier molecular flexibility index (Phi) is 6.25. The SMILES string of the molecule is Clc1ccc(Cl)c(COc2c(I)cc(I)cc2I)n1. The Hall–Kier alpha value is 0.940. The van der Waals surface area contributed by atoms with Crippen molar-refractivity contribution in [3.63, 3.8) is 0 Å². The van der Waals surface area contributed by atoms with E-state index in [1.165, 1.54) is 3.57 Å². The Bertz CT molecular complexity index is 599. The highest BCUT2D eigenvalue weighted by atomic mass is 127. The van der Waals surface area contributed by atoms with Gasteiger partial charge in [0.2, 0.25) is 0 Å². The van der Waals surface area contributed by atoms with Gasteiger partial charge in [0.25, 0.3) is 0 Å². The molecule has 0 saturated carbocycles. The maximum absolute atomic E-state index is 6.06. The Morgan fingerprint density at radius 1 is 1.05 bits per heavy atom. The molecule has 0 unspecified atom stereocenters. The van der Waals surface area contributed by atoms with Crippen LogP contribution in [0.5, 0.6) is 5.75 Å². The van der Waals surface area contributed by atoms with Crippen LogP contribution in [0.25, 0.3) is 0 Å². The highest BCUT2D eigenvalue weighted by molar-refractivity contribution is 14.1. The molecule has 0 bridgehead atoms. The fourth-order valence-corrected chi connectivity index (χ4v) is 5.59. The van der Waals surface area contributed by atoms with Crippen molar-refractivity contribution in [2.24, 2.45) is 0 Å². The number of ether oxygens (including phenoxy) is 1. The Morgan fingerprint density at radius 2 is 1.68 bits per heavy atom. The first-order valence-corrected chi connectivity index (χ1v) is 9.05. The number of benzene rings is 1. The summed E-state index contributed by atoms with van der Waals surface area (Å²) in [5.74, 6) is 0.847. The summed E-state index contributed by atoms with van der Waals surface area (Å²) in [6.45, 7) is 0.298. The minimum atomic E-state index is 0.298. The molecule has 100 valence electrons. The molecule has 1 aromatic heterocycles.